The first-order chi connectivity index (χ1) is 11.9. The number of aromatic hydroxyl groups is 1. The summed E-state index contributed by atoms with van der Waals surface area (Å²) >= 11 is 5.00. The zero-order chi connectivity index (χ0) is 18.6. The normalized spacial score (nSPS) is 10.3. The van der Waals surface area contributed by atoms with E-state index in [0.29, 0.717) is 17.1 Å². The molecule has 0 radical (unpaired) electrons. The predicted octanol–water partition coefficient (Wildman–Crippen LogP) is 2.24. The molecule has 0 unspecified atom stereocenters. The van der Waals surface area contributed by atoms with E-state index in [1.807, 2.05) is 0 Å². The van der Waals surface area contributed by atoms with Gasteiger partial charge in [-0.05, 0) is 30.4 Å². The Bertz CT molecular complexity index is 930. The summed E-state index contributed by atoms with van der Waals surface area (Å²) in [5.41, 5.74) is -0.332. The summed E-state index contributed by atoms with van der Waals surface area (Å²) in [6.07, 6.45) is 1.23. The van der Waals surface area contributed by atoms with Gasteiger partial charge in [0.15, 0.2) is 22.1 Å². The van der Waals surface area contributed by atoms with Gasteiger partial charge in [0.1, 0.15) is 0 Å². The molecule has 2 N–H and O–H groups in total. The SMILES string of the molecule is C=CCn1c(O)c(CC(=O)c2ccc(OC)c(OC)c2)c(=O)[nH]c1=S. The first kappa shape index (κ1) is 18.5. The number of H-pyrrole nitrogens is 1. The van der Waals surface area contributed by atoms with Crippen molar-refractivity contribution < 1.29 is 19.4 Å². The second-order valence-electron chi connectivity index (χ2n) is 5.13. The molecule has 0 fully saturated rings. The van der Waals surface area contributed by atoms with Gasteiger partial charge in [0.05, 0.1) is 19.8 Å². The van der Waals surface area contributed by atoms with E-state index in [4.69, 9.17) is 21.7 Å². The van der Waals surface area contributed by atoms with Crippen molar-refractivity contribution in [1.82, 2.24) is 9.55 Å². The van der Waals surface area contributed by atoms with Gasteiger partial charge in [-0.25, -0.2) is 0 Å². The molecular formula is C17H18N2O5S. The van der Waals surface area contributed by atoms with Crippen LogP contribution in [0.4, 0.5) is 0 Å². The molecule has 0 atom stereocenters. The molecule has 0 bridgehead atoms. The molecule has 2 aromatic rings. The van der Waals surface area contributed by atoms with Crippen molar-refractivity contribution in [2.45, 2.75) is 13.0 Å². The van der Waals surface area contributed by atoms with Crippen LogP contribution in [0.25, 0.3) is 0 Å². The van der Waals surface area contributed by atoms with E-state index in [1.165, 1.54) is 30.9 Å². The highest BCUT2D eigenvalue weighted by molar-refractivity contribution is 7.71. The minimum Gasteiger partial charge on any atom is -0.494 e. The number of Topliss-reactive ketones (excluding diaryl/α,β-unsaturated/α-hetero) is 1. The average molecular weight is 362 g/mol. The fourth-order valence-electron chi connectivity index (χ4n) is 2.33. The maximum absolute atomic E-state index is 12.5. The summed E-state index contributed by atoms with van der Waals surface area (Å²) in [5, 5.41) is 10.3. The Morgan fingerprint density at radius 1 is 1.36 bits per heavy atom. The average Bonchev–Trinajstić information content (AvgIpc) is 2.61. The van der Waals surface area contributed by atoms with Crippen LogP contribution < -0.4 is 15.0 Å². The van der Waals surface area contributed by atoms with Crippen LogP contribution in [0.3, 0.4) is 0 Å². The highest BCUT2D eigenvalue weighted by Crippen LogP contribution is 2.28. The van der Waals surface area contributed by atoms with Crippen molar-refractivity contribution in [1.29, 1.82) is 0 Å². The Hall–Kier alpha value is -2.87. The highest BCUT2D eigenvalue weighted by atomic mass is 32.1. The molecule has 0 amide bonds. The number of nitrogens with zero attached hydrogens (tertiary/aromatic N) is 1. The van der Waals surface area contributed by atoms with Crippen LogP contribution in [-0.4, -0.2) is 34.7 Å². The number of benzene rings is 1. The molecule has 1 aromatic heterocycles. The number of hydrogen-bond donors (Lipinski definition) is 2. The smallest absolute Gasteiger partial charge is 0.259 e. The molecule has 0 saturated heterocycles. The number of carbonyl (C=O) groups excluding carboxylic acids is 1. The number of ether oxygens (including phenoxy) is 2. The Balaban J connectivity index is 2.41. The van der Waals surface area contributed by atoms with Crippen LogP contribution in [0.1, 0.15) is 15.9 Å². The summed E-state index contributed by atoms with van der Waals surface area (Å²) < 4.78 is 11.6. The van der Waals surface area contributed by atoms with Gasteiger partial charge in [-0.3, -0.25) is 19.1 Å². The number of rotatable bonds is 7. The Morgan fingerprint density at radius 2 is 2.04 bits per heavy atom. The number of allylic oxidation sites excluding steroid dienone is 1. The molecule has 0 aliphatic carbocycles. The molecule has 0 aliphatic rings. The van der Waals surface area contributed by atoms with Crippen LogP contribution in [0, 0.1) is 4.77 Å². The number of nitrogens with one attached hydrogen (secondary N) is 1. The van der Waals surface area contributed by atoms with Crippen molar-refractivity contribution >= 4 is 18.0 Å². The van der Waals surface area contributed by atoms with Crippen molar-refractivity contribution in [3.8, 4) is 17.4 Å². The maximum Gasteiger partial charge on any atom is 0.259 e. The molecule has 132 valence electrons. The summed E-state index contributed by atoms with van der Waals surface area (Å²) in [4.78, 5) is 27.1. The van der Waals surface area contributed by atoms with Gasteiger partial charge < -0.3 is 14.6 Å². The van der Waals surface area contributed by atoms with Gasteiger partial charge in [0.2, 0.25) is 5.88 Å². The quantitative estimate of drug-likeness (QED) is 0.446. The molecule has 0 saturated carbocycles. The van der Waals surface area contributed by atoms with E-state index < -0.39 is 5.56 Å². The summed E-state index contributed by atoms with van der Waals surface area (Å²) in [6, 6.07) is 4.68. The van der Waals surface area contributed by atoms with E-state index in [1.54, 1.807) is 12.1 Å². The molecule has 0 spiro atoms. The van der Waals surface area contributed by atoms with Gasteiger partial charge in [-0.1, -0.05) is 6.08 Å². The Kier molecular flexibility index (Phi) is 5.76. The number of ketones is 1. The van der Waals surface area contributed by atoms with Crippen LogP contribution in [0.5, 0.6) is 17.4 Å². The van der Waals surface area contributed by atoms with Crippen LogP contribution in [0.15, 0.2) is 35.6 Å². The zero-order valence-electron chi connectivity index (χ0n) is 13.9. The molecule has 8 heteroatoms. The summed E-state index contributed by atoms with van der Waals surface area (Å²) in [6.45, 7) is 3.78. The second-order valence-corrected chi connectivity index (χ2v) is 5.52. The summed E-state index contributed by atoms with van der Waals surface area (Å²) in [7, 11) is 2.95. The summed E-state index contributed by atoms with van der Waals surface area (Å²) in [5.74, 6) is 0.180. The van der Waals surface area contributed by atoms with Crippen molar-refractivity contribution in [3.63, 3.8) is 0 Å². The van der Waals surface area contributed by atoms with E-state index in [9.17, 15) is 14.7 Å². The van der Waals surface area contributed by atoms with Gasteiger partial charge >= 0.3 is 0 Å². The van der Waals surface area contributed by atoms with E-state index in [2.05, 4.69) is 11.6 Å². The van der Waals surface area contributed by atoms with Crippen LogP contribution >= 0.6 is 12.2 Å². The standard InChI is InChI=1S/C17H18N2O5S/c1-4-7-19-16(22)11(15(21)18-17(19)25)9-12(20)10-5-6-13(23-2)14(8-10)24-3/h4-6,8,22H,1,7,9H2,2-3H3,(H,18,21,25). The van der Waals surface area contributed by atoms with Crippen LogP contribution in [0.2, 0.25) is 0 Å². The molecule has 0 aliphatic heterocycles. The third-order valence-electron chi connectivity index (χ3n) is 3.62. The lowest BCUT2D eigenvalue weighted by Gasteiger charge is -2.11. The lowest BCUT2D eigenvalue weighted by atomic mass is 10.0. The van der Waals surface area contributed by atoms with E-state index >= 15 is 0 Å². The maximum atomic E-state index is 12.5. The lowest BCUT2D eigenvalue weighted by Crippen LogP contribution is -2.21. The Morgan fingerprint density at radius 3 is 2.64 bits per heavy atom. The van der Waals surface area contributed by atoms with E-state index in [-0.39, 0.29) is 35.0 Å². The largest absolute Gasteiger partial charge is 0.494 e. The van der Waals surface area contributed by atoms with Gasteiger partial charge in [-0.15, -0.1) is 6.58 Å². The number of methoxy groups -OCH3 is 2. The van der Waals surface area contributed by atoms with Crippen molar-refractivity contribution in [3.05, 3.63) is 57.1 Å². The minimum absolute atomic E-state index is 0.0599. The highest BCUT2D eigenvalue weighted by Gasteiger charge is 2.18. The number of aromatic nitrogens is 2. The van der Waals surface area contributed by atoms with Gasteiger partial charge in [0.25, 0.3) is 5.56 Å². The fourth-order valence-corrected chi connectivity index (χ4v) is 2.58. The van der Waals surface area contributed by atoms with Crippen molar-refractivity contribution in [2.24, 2.45) is 0 Å². The molecule has 1 heterocycles. The number of carbonyl (C=O) groups is 1. The minimum atomic E-state index is -0.600. The molecular weight excluding hydrogens is 344 g/mol. The molecule has 25 heavy (non-hydrogen) atoms. The monoisotopic (exact) mass is 362 g/mol. The third-order valence-corrected chi connectivity index (χ3v) is 3.94. The first-order valence-corrected chi connectivity index (χ1v) is 7.74. The predicted molar refractivity (Wildman–Crippen MR) is 95.3 cm³/mol. The van der Waals surface area contributed by atoms with Crippen molar-refractivity contribution in [2.75, 3.05) is 14.2 Å². The molecule has 2 rings (SSSR count). The molecule has 1 aromatic carbocycles. The second kappa shape index (κ2) is 7.80. The number of aromatic amines is 1. The van der Waals surface area contributed by atoms with Gasteiger partial charge in [-0.2, -0.15) is 0 Å². The Labute approximate surface area is 149 Å². The van der Waals surface area contributed by atoms with E-state index in [0.717, 1.165) is 0 Å². The third kappa shape index (κ3) is 3.80. The first-order valence-electron chi connectivity index (χ1n) is 7.34. The molecule has 7 nitrogen and oxygen atoms in total. The van der Waals surface area contributed by atoms with Crippen LogP contribution in [-0.2, 0) is 13.0 Å². The number of hydrogen-bond acceptors (Lipinski definition) is 6. The topological polar surface area (TPSA) is 93.6 Å². The lowest BCUT2D eigenvalue weighted by molar-refractivity contribution is 0.0990. The fraction of sp³-hybridized carbons (Fsp3) is 0.235. The van der Waals surface area contributed by atoms with Gasteiger partial charge in [0, 0.05) is 18.5 Å². The zero-order valence-corrected chi connectivity index (χ0v) is 14.7.